The monoisotopic (exact) mass is 837 g/mol. The number of hydrogen-bond acceptors (Lipinski definition) is 4. The highest BCUT2D eigenvalue weighted by molar-refractivity contribution is 6.13. The molecule has 0 spiro atoms. The minimum absolute atomic E-state index is 0.0488. The van der Waals surface area contributed by atoms with Crippen LogP contribution in [-0.4, -0.2) is 19.5 Å². The van der Waals surface area contributed by atoms with Crippen LogP contribution in [0.4, 0.5) is 0 Å². The van der Waals surface area contributed by atoms with E-state index in [0.717, 1.165) is 82.8 Å². The first-order chi connectivity index (χ1) is 34.0. The Morgan fingerprint density at radius 1 is 0.446 bits per heavy atom. The predicted octanol–water partition coefficient (Wildman–Crippen LogP) is 15.5. The molecule has 0 unspecified atom stereocenters. The van der Waals surface area contributed by atoms with Gasteiger partial charge < -0.3 is 8.98 Å². The van der Waals surface area contributed by atoms with Crippen molar-refractivity contribution < 1.29 is 11.3 Å². The average Bonchev–Trinajstić information content (AvgIpc) is 4.02. The maximum absolute atomic E-state index is 9.14. The van der Waals surface area contributed by atoms with E-state index < -0.39 is 30.2 Å². The SMILES string of the molecule is [2H]c1c([2H])c([2H])c(-c2nc(-c3cccc4c3-c3ccccc3C4(C)C)nc(-c3cc(-n4c5ccccc5c5ccccc54)cc4c3oc3ccc(-c5cccc(-c6ccccc6)c5)cc34)n2)c([2H])c1[2H]. The lowest BCUT2D eigenvalue weighted by Crippen LogP contribution is -2.14. The van der Waals surface area contributed by atoms with E-state index in [2.05, 4.69) is 134 Å². The van der Waals surface area contributed by atoms with Gasteiger partial charge in [0.25, 0.3) is 0 Å². The minimum atomic E-state index is -0.498. The van der Waals surface area contributed by atoms with E-state index in [1.54, 1.807) is 0 Å². The molecule has 1 aliphatic carbocycles. The Morgan fingerprint density at radius 3 is 1.83 bits per heavy atom. The molecule has 0 saturated carbocycles. The molecular weight excluding hydrogens is 793 g/mol. The molecule has 0 radical (unpaired) electrons. The highest BCUT2D eigenvalue weighted by Gasteiger charge is 2.37. The summed E-state index contributed by atoms with van der Waals surface area (Å²) in [5.41, 5.74) is 13.5. The lowest BCUT2D eigenvalue weighted by molar-refractivity contribution is 0.660. The van der Waals surface area contributed by atoms with Gasteiger partial charge in [-0.1, -0.05) is 178 Å². The fraction of sp³-hybridized carbons (Fsp3) is 0.0500. The van der Waals surface area contributed by atoms with E-state index in [-0.39, 0.29) is 22.6 Å². The van der Waals surface area contributed by atoms with Gasteiger partial charge in [0.2, 0.25) is 0 Å². The first-order valence-electron chi connectivity index (χ1n) is 24.3. The van der Waals surface area contributed by atoms with Crippen LogP contribution < -0.4 is 0 Å². The Balaban J connectivity index is 1.12. The van der Waals surface area contributed by atoms with Crippen molar-refractivity contribution in [1.82, 2.24) is 19.5 Å². The fourth-order valence-electron chi connectivity index (χ4n) is 10.1. The van der Waals surface area contributed by atoms with Crippen LogP contribution >= 0.6 is 0 Å². The highest BCUT2D eigenvalue weighted by Crippen LogP contribution is 2.52. The summed E-state index contributed by atoms with van der Waals surface area (Å²) in [5.74, 6) is 0.466. The molecule has 306 valence electrons. The number of nitrogens with zero attached hydrogens (tertiary/aromatic N) is 4. The summed E-state index contributed by atoms with van der Waals surface area (Å²) in [6.07, 6.45) is 0. The van der Waals surface area contributed by atoms with Crippen molar-refractivity contribution in [3.63, 3.8) is 0 Å². The van der Waals surface area contributed by atoms with E-state index >= 15 is 0 Å². The van der Waals surface area contributed by atoms with Crippen LogP contribution in [0.25, 0.3) is 117 Å². The molecule has 3 heterocycles. The quantitative estimate of drug-likeness (QED) is 0.167. The Kier molecular flexibility index (Phi) is 7.11. The Hall–Kier alpha value is -8.41. The molecule has 5 nitrogen and oxygen atoms in total. The first-order valence-corrected chi connectivity index (χ1v) is 21.8. The summed E-state index contributed by atoms with van der Waals surface area (Å²) < 4.78 is 53.3. The summed E-state index contributed by atoms with van der Waals surface area (Å²) in [7, 11) is 0. The fourth-order valence-corrected chi connectivity index (χ4v) is 10.1. The van der Waals surface area contributed by atoms with Gasteiger partial charge in [0, 0.05) is 43.8 Å². The summed E-state index contributed by atoms with van der Waals surface area (Å²) in [5, 5.41) is 3.92. The summed E-state index contributed by atoms with van der Waals surface area (Å²) >= 11 is 0. The number of hydrogen-bond donors (Lipinski definition) is 0. The van der Waals surface area contributed by atoms with Crippen LogP contribution in [0.1, 0.15) is 31.8 Å². The third kappa shape index (κ3) is 5.82. The van der Waals surface area contributed by atoms with Gasteiger partial charge in [-0.25, -0.2) is 15.0 Å². The summed E-state index contributed by atoms with van der Waals surface area (Å²) in [6, 6.07) is 58.3. The molecule has 3 aromatic heterocycles. The predicted molar refractivity (Wildman–Crippen MR) is 266 cm³/mol. The van der Waals surface area contributed by atoms with Gasteiger partial charge in [-0.2, -0.15) is 0 Å². The molecule has 1 aliphatic rings. The zero-order valence-corrected chi connectivity index (χ0v) is 35.4. The number of furan rings is 1. The maximum atomic E-state index is 9.14. The highest BCUT2D eigenvalue weighted by atomic mass is 16.3. The van der Waals surface area contributed by atoms with Crippen molar-refractivity contribution in [3.8, 4) is 73.2 Å². The molecule has 0 bridgehead atoms. The van der Waals surface area contributed by atoms with Crippen LogP contribution in [0.3, 0.4) is 0 Å². The molecule has 0 fully saturated rings. The third-order valence-electron chi connectivity index (χ3n) is 13.1. The molecular formula is C60H40N4O. The van der Waals surface area contributed by atoms with Crippen LogP contribution in [-0.2, 0) is 5.41 Å². The molecule has 9 aromatic carbocycles. The van der Waals surface area contributed by atoms with Crippen molar-refractivity contribution in [2.24, 2.45) is 0 Å². The van der Waals surface area contributed by atoms with Crippen LogP contribution in [0.5, 0.6) is 0 Å². The summed E-state index contributed by atoms with van der Waals surface area (Å²) in [6.45, 7) is 4.42. The van der Waals surface area contributed by atoms with Crippen LogP contribution in [0, 0.1) is 0 Å². The molecule has 0 saturated heterocycles. The van der Waals surface area contributed by atoms with Gasteiger partial charge in [-0.3, -0.25) is 0 Å². The lowest BCUT2D eigenvalue weighted by atomic mass is 9.82. The number of rotatable bonds is 6. The number of aromatic nitrogens is 4. The van der Waals surface area contributed by atoms with E-state index in [9.17, 15) is 0 Å². The molecule has 5 heteroatoms. The normalized spacial score (nSPS) is 14.0. The van der Waals surface area contributed by atoms with E-state index in [1.165, 1.54) is 5.56 Å². The topological polar surface area (TPSA) is 56.7 Å². The van der Waals surface area contributed by atoms with E-state index in [0.29, 0.717) is 22.6 Å². The Bertz CT molecular complexity index is 4090. The molecule has 0 atom stereocenters. The van der Waals surface area contributed by atoms with Crippen molar-refractivity contribution in [2.75, 3.05) is 0 Å². The molecule has 65 heavy (non-hydrogen) atoms. The number of fused-ring (bicyclic) bond motifs is 9. The zero-order chi connectivity index (χ0) is 47.6. The summed E-state index contributed by atoms with van der Waals surface area (Å²) in [4.78, 5) is 15.5. The third-order valence-corrected chi connectivity index (χ3v) is 13.1. The van der Waals surface area contributed by atoms with Gasteiger partial charge in [0.1, 0.15) is 11.2 Å². The minimum Gasteiger partial charge on any atom is -0.455 e. The van der Waals surface area contributed by atoms with E-state index in [1.807, 2.05) is 60.7 Å². The molecule has 12 aromatic rings. The van der Waals surface area contributed by atoms with Crippen molar-refractivity contribution >= 4 is 43.7 Å². The van der Waals surface area contributed by atoms with Gasteiger partial charge in [0.05, 0.1) is 23.5 Å². The van der Waals surface area contributed by atoms with Crippen molar-refractivity contribution in [1.29, 1.82) is 0 Å². The second-order valence-electron chi connectivity index (χ2n) is 17.2. The second-order valence-corrected chi connectivity index (χ2v) is 17.2. The van der Waals surface area contributed by atoms with Gasteiger partial charge in [-0.05, 0) is 87.0 Å². The molecule has 0 amide bonds. The molecule has 0 aliphatic heterocycles. The number of para-hydroxylation sites is 2. The van der Waals surface area contributed by atoms with Gasteiger partial charge in [-0.15, -0.1) is 0 Å². The van der Waals surface area contributed by atoms with Crippen molar-refractivity contribution in [3.05, 3.63) is 217 Å². The van der Waals surface area contributed by atoms with Gasteiger partial charge >= 0.3 is 0 Å². The standard InChI is InChI=1S/C60H40N4O/c1-60(2)50-27-12-9-25-45(50)55-46(26-16-28-51(55)60)58-61-57(38-19-7-4-8-20-38)62-59(63-58)49-36-42(64-52-29-13-10-23-43(52)44-24-11-14-30-53(44)64)35-48-47-34-41(31-32-54(47)65-56(48)49)40-22-15-21-39(33-40)37-17-5-3-6-18-37/h3-36H,1-2H3/i4D,7D,8D,19D,20D. The Morgan fingerprint density at radius 2 is 1.05 bits per heavy atom. The maximum Gasteiger partial charge on any atom is 0.167 e. The molecule has 0 N–H and O–H groups in total. The van der Waals surface area contributed by atoms with E-state index in [4.69, 9.17) is 26.2 Å². The smallest absolute Gasteiger partial charge is 0.167 e. The lowest BCUT2D eigenvalue weighted by Gasteiger charge is -2.21. The van der Waals surface area contributed by atoms with Crippen LogP contribution in [0.15, 0.2) is 211 Å². The first kappa shape index (κ1) is 32.3. The Labute approximate surface area is 383 Å². The van der Waals surface area contributed by atoms with Crippen LogP contribution in [0.2, 0.25) is 0 Å². The largest absolute Gasteiger partial charge is 0.455 e. The zero-order valence-electron chi connectivity index (χ0n) is 40.4. The average molecular weight is 838 g/mol. The molecule has 13 rings (SSSR count). The van der Waals surface area contributed by atoms with Gasteiger partial charge in [0.15, 0.2) is 17.5 Å². The van der Waals surface area contributed by atoms with Crippen molar-refractivity contribution in [2.45, 2.75) is 19.3 Å². The second kappa shape index (κ2) is 14.3. The number of benzene rings is 9.